The minimum Gasteiger partial charge on any atom is -0.363 e. The van der Waals surface area contributed by atoms with E-state index in [1.54, 1.807) is 16.8 Å². The van der Waals surface area contributed by atoms with Crippen molar-refractivity contribution in [3.63, 3.8) is 0 Å². The van der Waals surface area contributed by atoms with Crippen LogP contribution in [0.15, 0.2) is 71.7 Å². The lowest BCUT2D eigenvalue weighted by molar-refractivity contribution is -0.384. The molecule has 4 rings (SSSR count). The number of H-pyrrole nitrogens is 1. The number of hydrogen-bond donors (Lipinski definition) is 1. The summed E-state index contributed by atoms with van der Waals surface area (Å²) in [7, 11) is 0. The van der Waals surface area contributed by atoms with E-state index in [1.165, 1.54) is 12.1 Å². The molecule has 1 unspecified atom stereocenters. The van der Waals surface area contributed by atoms with E-state index in [0.29, 0.717) is 16.6 Å². The van der Waals surface area contributed by atoms with Gasteiger partial charge < -0.3 is 4.98 Å². The second-order valence-corrected chi connectivity index (χ2v) is 6.24. The summed E-state index contributed by atoms with van der Waals surface area (Å²) in [6, 6.07) is 17.2. The first-order valence-corrected chi connectivity index (χ1v) is 8.45. The molecule has 2 aromatic heterocycles. The van der Waals surface area contributed by atoms with Crippen molar-refractivity contribution >= 4 is 16.6 Å². The van der Waals surface area contributed by atoms with E-state index in [4.69, 9.17) is 0 Å². The maximum absolute atomic E-state index is 12.9. The number of aromatic nitrogens is 3. The van der Waals surface area contributed by atoms with Crippen LogP contribution < -0.4 is 5.69 Å². The SMILES string of the molecule is CC(c1ccc[nH]1)n1c(=O)nc(-c2ccccc2)c2cc([N+](=O)[O-])ccc21. The lowest BCUT2D eigenvalue weighted by Gasteiger charge is -2.18. The topological polar surface area (TPSA) is 93.8 Å². The molecule has 0 aliphatic heterocycles. The van der Waals surface area contributed by atoms with Gasteiger partial charge in [0.25, 0.3) is 5.69 Å². The molecule has 1 atom stereocenters. The number of fused-ring (bicyclic) bond motifs is 1. The highest BCUT2D eigenvalue weighted by atomic mass is 16.6. The highest BCUT2D eigenvalue weighted by Crippen LogP contribution is 2.30. The fourth-order valence-corrected chi connectivity index (χ4v) is 3.28. The van der Waals surface area contributed by atoms with Gasteiger partial charge in [-0.1, -0.05) is 30.3 Å². The minimum atomic E-state index is -0.446. The summed E-state index contributed by atoms with van der Waals surface area (Å²) >= 11 is 0. The lowest BCUT2D eigenvalue weighted by atomic mass is 10.1. The maximum atomic E-state index is 12.9. The predicted molar refractivity (Wildman–Crippen MR) is 103 cm³/mol. The Kier molecular flexibility index (Phi) is 4.04. The number of non-ortho nitro benzene ring substituents is 1. The Labute approximate surface area is 154 Å². The Balaban J connectivity index is 2.06. The normalized spacial score (nSPS) is 12.2. The van der Waals surface area contributed by atoms with E-state index in [-0.39, 0.29) is 11.7 Å². The van der Waals surface area contributed by atoms with E-state index in [2.05, 4.69) is 9.97 Å². The summed E-state index contributed by atoms with van der Waals surface area (Å²) in [4.78, 5) is 31.1. The van der Waals surface area contributed by atoms with Gasteiger partial charge in [-0.2, -0.15) is 4.98 Å². The zero-order valence-electron chi connectivity index (χ0n) is 14.5. The minimum absolute atomic E-state index is 0.0424. The summed E-state index contributed by atoms with van der Waals surface area (Å²) in [5, 5.41) is 11.8. The van der Waals surface area contributed by atoms with Crippen molar-refractivity contribution in [2.75, 3.05) is 0 Å². The third kappa shape index (κ3) is 2.89. The zero-order chi connectivity index (χ0) is 19.0. The van der Waals surface area contributed by atoms with Crippen LogP contribution in [0.5, 0.6) is 0 Å². The highest BCUT2D eigenvalue weighted by molar-refractivity contribution is 5.94. The summed E-state index contributed by atoms with van der Waals surface area (Å²) in [5.41, 5.74) is 2.18. The summed E-state index contributed by atoms with van der Waals surface area (Å²) in [6.07, 6.45) is 1.79. The molecular weight excluding hydrogens is 344 g/mol. The molecule has 4 aromatic rings. The van der Waals surface area contributed by atoms with Crippen molar-refractivity contribution in [3.05, 3.63) is 93.2 Å². The molecule has 0 fully saturated rings. The maximum Gasteiger partial charge on any atom is 0.349 e. The Morgan fingerprint density at radius 3 is 2.56 bits per heavy atom. The van der Waals surface area contributed by atoms with Gasteiger partial charge >= 0.3 is 5.69 Å². The molecule has 2 heterocycles. The smallest absolute Gasteiger partial charge is 0.349 e. The number of nitro groups is 1. The average Bonchev–Trinajstić information content (AvgIpc) is 3.22. The monoisotopic (exact) mass is 360 g/mol. The Morgan fingerprint density at radius 2 is 1.89 bits per heavy atom. The van der Waals surface area contributed by atoms with Crippen LogP contribution in [0, 0.1) is 10.1 Å². The second kappa shape index (κ2) is 6.53. The van der Waals surface area contributed by atoms with E-state index < -0.39 is 10.6 Å². The quantitative estimate of drug-likeness (QED) is 0.441. The molecule has 27 heavy (non-hydrogen) atoms. The molecule has 0 spiro atoms. The van der Waals surface area contributed by atoms with Gasteiger partial charge in [-0.3, -0.25) is 14.7 Å². The standard InChI is InChI=1S/C20H16N4O3/c1-13(17-8-5-11-21-17)23-18-10-9-15(24(26)27)12-16(18)19(22-20(23)25)14-6-3-2-4-7-14/h2-13,21H,1H3. The molecule has 7 heteroatoms. The number of rotatable bonds is 4. The van der Waals surface area contributed by atoms with Crippen LogP contribution in [0.25, 0.3) is 22.2 Å². The van der Waals surface area contributed by atoms with Crippen molar-refractivity contribution in [1.29, 1.82) is 0 Å². The van der Waals surface area contributed by atoms with Crippen LogP contribution in [0.2, 0.25) is 0 Å². The zero-order valence-corrected chi connectivity index (χ0v) is 14.5. The Hall–Kier alpha value is -3.74. The third-order valence-electron chi connectivity index (χ3n) is 4.63. The number of hydrogen-bond acceptors (Lipinski definition) is 4. The first-order chi connectivity index (χ1) is 13.1. The van der Waals surface area contributed by atoms with Crippen molar-refractivity contribution in [2.24, 2.45) is 0 Å². The molecule has 7 nitrogen and oxygen atoms in total. The van der Waals surface area contributed by atoms with Crippen LogP contribution in [0.1, 0.15) is 18.7 Å². The number of aromatic amines is 1. The Bertz CT molecular complexity index is 1180. The van der Waals surface area contributed by atoms with E-state index >= 15 is 0 Å². The number of nitrogens with zero attached hydrogens (tertiary/aromatic N) is 3. The molecule has 1 N–H and O–H groups in total. The molecule has 0 aliphatic carbocycles. The van der Waals surface area contributed by atoms with Crippen molar-refractivity contribution in [3.8, 4) is 11.3 Å². The van der Waals surface area contributed by atoms with Gasteiger partial charge in [0.1, 0.15) is 0 Å². The Morgan fingerprint density at radius 1 is 1.11 bits per heavy atom. The fraction of sp³-hybridized carbons (Fsp3) is 0.100. The molecule has 0 bridgehead atoms. The number of benzene rings is 2. The molecular formula is C20H16N4O3. The van der Waals surface area contributed by atoms with Crippen LogP contribution >= 0.6 is 0 Å². The first kappa shape index (κ1) is 16.7. The second-order valence-electron chi connectivity index (χ2n) is 6.24. The van der Waals surface area contributed by atoms with Crippen molar-refractivity contribution < 1.29 is 4.92 Å². The molecule has 2 aromatic carbocycles. The van der Waals surface area contributed by atoms with Gasteiger partial charge in [0.05, 0.1) is 22.2 Å². The van der Waals surface area contributed by atoms with E-state index in [1.807, 2.05) is 49.4 Å². The van der Waals surface area contributed by atoms with Gasteiger partial charge in [-0.15, -0.1) is 0 Å². The largest absolute Gasteiger partial charge is 0.363 e. The summed E-state index contributed by atoms with van der Waals surface area (Å²) in [5.74, 6) is 0. The van der Waals surface area contributed by atoms with Gasteiger partial charge in [0.15, 0.2) is 0 Å². The van der Waals surface area contributed by atoms with Crippen LogP contribution in [-0.2, 0) is 0 Å². The van der Waals surface area contributed by atoms with Crippen LogP contribution in [0.4, 0.5) is 5.69 Å². The van der Waals surface area contributed by atoms with Crippen LogP contribution in [-0.4, -0.2) is 19.5 Å². The number of nitrogens with one attached hydrogen (secondary N) is 1. The fourth-order valence-electron chi connectivity index (χ4n) is 3.28. The van der Waals surface area contributed by atoms with Gasteiger partial charge in [-0.05, 0) is 25.1 Å². The van der Waals surface area contributed by atoms with Crippen LogP contribution in [0.3, 0.4) is 0 Å². The molecule has 134 valence electrons. The summed E-state index contributed by atoms with van der Waals surface area (Å²) < 4.78 is 1.55. The van der Waals surface area contributed by atoms with Crippen molar-refractivity contribution in [1.82, 2.24) is 14.5 Å². The molecule has 0 amide bonds. The predicted octanol–water partition coefficient (Wildman–Crippen LogP) is 3.91. The van der Waals surface area contributed by atoms with Gasteiger partial charge in [-0.25, -0.2) is 4.79 Å². The van der Waals surface area contributed by atoms with Gasteiger partial charge in [0, 0.05) is 35.0 Å². The average molecular weight is 360 g/mol. The molecule has 0 saturated carbocycles. The van der Waals surface area contributed by atoms with E-state index in [0.717, 1.165) is 11.3 Å². The number of nitro benzene ring substituents is 1. The van der Waals surface area contributed by atoms with Gasteiger partial charge in [0.2, 0.25) is 0 Å². The van der Waals surface area contributed by atoms with E-state index in [9.17, 15) is 14.9 Å². The lowest BCUT2D eigenvalue weighted by Crippen LogP contribution is -2.27. The third-order valence-corrected chi connectivity index (χ3v) is 4.63. The highest BCUT2D eigenvalue weighted by Gasteiger charge is 2.20. The van der Waals surface area contributed by atoms with Crippen molar-refractivity contribution in [2.45, 2.75) is 13.0 Å². The molecule has 0 saturated heterocycles. The first-order valence-electron chi connectivity index (χ1n) is 8.45. The summed E-state index contributed by atoms with van der Waals surface area (Å²) in [6.45, 7) is 1.89. The molecule has 0 aliphatic rings. The molecule has 0 radical (unpaired) electrons.